The zero-order valence-electron chi connectivity index (χ0n) is 14.6. The van der Waals surface area contributed by atoms with Crippen LogP contribution in [0.4, 0.5) is 0 Å². The second kappa shape index (κ2) is 9.09. The van der Waals surface area contributed by atoms with Crippen LogP contribution in [0.3, 0.4) is 0 Å². The van der Waals surface area contributed by atoms with E-state index in [-0.39, 0.29) is 0 Å². The molecule has 2 aromatic rings. The van der Waals surface area contributed by atoms with E-state index in [1.54, 1.807) is 0 Å². The van der Waals surface area contributed by atoms with Crippen molar-refractivity contribution in [1.29, 1.82) is 0 Å². The summed E-state index contributed by atoms with van der Waals surface area (Å²) < 4.78 is 0. The Labute approximate surface area is 158 Å². The molecule has 0 aromatic heterocycles. The first-order chi connectivity index (χ1) is 11.9. The van der Waals surface area contributed by atoms with Gasteiger partial charge in [0.25, 0.3) is 5.97 Å². The van der Waals surface area contributed by atoms with E-state index >= 15 is 0 Å². The Morgan fingerprint density at radius 3 is 2.48 bits per heavy atom. The van der Waals surface area contributed by atoms with E-state index in [4.69, 9.17) is 21.5 Å². The van der Waals surface area contributed by atoms with E-state index in [9.17, 15) is 0 Å². The SMILES string of the molecule is CC(=O)O.CN(C)CC/C=C1\c2ccccc2Sc2ccc(Cl)cc21. The Kier molecular flexibility index (Phi) is 7.12. The molecule has 0 bridgehead atoms. The van der Waals surface area contributed by atoms with E-state index in [1.807, 2.05) is 17.8 Å². The summed E-state index contributed by atoms with van der Waals surface area (Å²) in [6.07, 6.45) is 3.38. The van der Waals surface area contributed by atoms with Crippen LogP contribution in [0.2, 0.25) is 5.02 Å². The lowest BCUT2D eigenvalue weighted by molar-refractivity contribution is -0.134. The van der Waals surface area contributed by atoms with Gasteiger partial charge in [0.1, 0.15) is 0 Å². The van der Waals surface area contributed by atoms with E-state index < -0.39 is 5.97 Å². The Hall–Kier alpha value is -1.75. The highest BCUT2D eigenvalue weighted by Crippen LogP contribution is 2.46. The van der Waals surface area contributed by atoms with Gasteiger partial charge in [0.05, 0.1) is 0 Å². The van der Waals surface area contributed by atoms with Crippen LogP contribution in [-0.2, 0) is 4.79 Å². The Balaban J connectivity index is 0.000000511. The van der Waals surface area contributed by atoms with E-state index in [0.717, 1.165) is 24.9 Å². The number of carbonyl (C=O) groups is 1. The summed E-state index contributed by atoms with van der Waals surface area (Å²) in [5.74, 6) is -0.833. The van der Waals surface area contributed by atoms with Crippen molar-refractivity contribution in [3.8, 4) is 0 Å². The van der Waals surface area contributed by atoms with Crippen molar-refractivity contribution < 1.29 is 9.90 Å². The summed E-state index contributed by atoms with van der Waals surface area (Å²) >= 11 is 8.03. The number of halogens is 1. The first kappa shape index (κ1) is 19.6. The minimum atomic E-state index is -0.833. The number of hydrogen-bond donors (Lipinski definition) is 1. The monoisotopic (exact) mass is 375 g/mol. The highest BCUT2D eigenvalue weighted by molar-refractivity contribution is 7.99. The average molecular weight is 376 g/mol. The van der Waals surface area contributed by atoms with Crippen LogP contribution in [0, 0.1) is 0 Å². The molecule has 0 unspecified atom stereocenters. The number of carboxylic acid groups (broad SMARTS) is 1. The van der Waals surface area contributed by atoms with Crippen molar-refractivity contribution in [2.45, 2.75) is 23.1 Å². The fraction of sp³-hybridized carbons (Fsp3) is 0.250. The molecule has 0 saturated heterocycles. The Morgan fingerprint density at radius 2 is 1.80 bits per heavy atom. The molecule has 0 fully saturated rings. The minimum Gasteiger partial charge on any atom is -0.481 e. The molecule has 0 atom stereocenters. The Morgan fingerprint density at radius 1 is 1.16 bits per heavy atom. The summed E-state index contributed by atoms with van der Waals surface area (Å²) in [5.41, 5.74) is 3.88. The lowest BCUT2D eigenvalue weighted by Gasteiger charge is -2.22. The van der Waals surface area contributed by atoms with Crippen molar-refractivity contribution >= 4 is 34.9 Å². The normalized spacial score (nSPS) is 13.7. The molecule has 5 heteroatoms. The molecule has 0 radical (unpaired) electrons. The van der Waals surface area contributed by atoms with E-state index in [1.165, 1.54) is 26.5 Å². The van der Waals surface area contributed by atoms with Crippen LogP contribution in [-0.4, -0.2) is 36.6 Å². The smallest absolute Gasteiger partial charge is 0.300 e. The maximum atomic E-state index is 9.00. The number of hydrogen-bond acceptors (Lipinski definition) is 3. The lowest BCUT2D eigenvalue weighted by atomic mass is 9.96. The third-order valence-corrected chi connectivity index (χ3v) is 4.94. The van der Waals surface area contributed by atoms with Gasteiger partial charge in [-0.1, -0.05) is 47.6 Å². The molecule has 132 valence electrons. The predicted octanol–water partition coefficient (Wildman–Crippen LogP) is 5.28. The maximum absolute atomic E-state index is 9.00. The van der Waals surface area contributed by atoms with Gasteiger partial charge in [-0.3, -0.25) is 4.79 Å². The van der Waals surface area contributed by atoms with E-state index in [2.05, 4.69) is 61.5 Å². The van der Waals surface area contributed by atoms with Gasteiger partial charge in [0.2, 0.25) is 0 Å². The fourth-order valence-electron chi connectivity index (χ4n) is 2.53. The first-order valence-corrected chi connectivity index (χ1v) is 9.19. The van der Waals surface area contributed by atoms with Crippen LogP contribution in [0.5, 0.6) is 0 Å². The molecule has 1 N–H and O–H groups in total. The molecule has 2 aromatic carbocycles. The Bertz CT molecular complexity index is 783. The third-order valence-electron chi connectivity index (χ3n) is 3.55. The van der Waals surface area contributed by atoms with Gasteiger partial charge in [-0.25, -0.2) is 0 Å². The topological polar surface area (TPSA) is 40.5 Å². The standard InChI is InChI=1S/C18H18ClNS.C2H4O2/c1-20(2)11-5-7-14-15-6-3-4-8-17(15)21-18-10-9-13(19)12-16(14)18;1-2(3)4/h3-4,6-10,12H,5,11H2,1-2H3;1H3,(H,3,4)/b14-7+;. The second-order valence-electron chi connectivity index (χ2n) is 5.97. The maximum Gasteiger partial charge on any atom is 0.300 e. The molecular weight excluding hydrogens is 354 g/mol. The summed E-state index contributed by atoms with van der Waals surface area (Å²) in [6.45, 7) is 2.13. The summed E-state index contributed by atoms with van der Waals surface area (Å²) in [7, 11) is 4.21. The molecule has 0 aliphatic carbocycles. The largest absolute Gasteiger partial charge is 0.481 e. The van der Waals surface area contributed by atoms with E-state index in [0.29, 0.717) is 0 Å². The molecule has 0 amide bonds. The van der Waals surface area contributed by atoms with Crippen molar-refractivity contribution in [2.75, 3.05) is 20.6 Å². The van der Waals surface area contributed by atoms with Gasteiger partial charge in [-0.2, -0.15) is 0 Å². The van der Waals surface area contributed by atoms with Gasteiger partial charge >= 0.3 is 0 Å². The quantitative estimate of drug-likeness (QED) is 0.676. The molecule has 25 heavy (non-hydrogen) atoms. The second-order valence-corrected chi connectivity index (χ2v) is 7.49. The van der Waals surface area contributed by atoms with Gasteiger partial charge in [-0.05, 0) is 61.5 Å². The number of fused-ring (bicyclic) bond motifs is 2. The van der Waals surface area contributed by atoms with Crippen LogP contribution < -0.4 is 0 Å². The number of carboxylic acids is 1. The van der Waals surface area contributed by atoms with Crippen LogP contribution in [0.1, 0.15) is 24.5 Å². The number of benzene rings is 2. The predicted molar refractivity (Wildman–Crippen MR) is 106 cm³/mol. The molecule has 3 rings (SSSR count). The zero-order chi connectivity index (χ0) is 18.4. The van der Waals surface area contributed by atoms with Crippen molar-refractivity contribution in [1.82, 2.24) is 4.90 Å². The van der Waals surface area contributed by atoms with Crippen LogP contribution in [0.25, 0.3) is 5.57 Å². The molecule has 1 aliphatic rings. The van der Waals surface area contributed by atoms with Gasteiger partial charge in [0, 0.05) is 28.3 Å². The summed E-state index contributed by atoms with van der Waals surface area (Å²) in [6, 6.07) is 14.8. The lowest BCUT2D eigenvalue weighted by Crippen LogP contribution is -2.12. The average Bonchev–Trinajstić information content (AvgIpc) is 2.54. The molecule has 3 nitrogen and oxygen atoms in total. The van der Waals surface area contributed by atoms with Gasteiger partial charge in [-0.15, -0.1) is 0 Å². The molecular formula is C20H22ClNO2S. The van der Waals surface area contributed by atoms with Crippen LogP contribution in [0.15, 0.2) is 58.3 Å². The number of nitrogens with zero attached hydrogens (tertiary/aromatic N) is 1. The highest BCUT2D eigenvalue weighted by atomic mass is 35.5. The minimum absolute atomic E-state index is 0.798. The summed E-state index contributed by atoms with van der Waals surface area (Å²) in [5, 5.41) is 8.22. The molecule has 1 aliphatic heterocycles. The molecule has 0 spiro atoms. The highest BCUT2D eigenvalue weighted by Gasteiger charge is 2.20. The van der Waals surface area contributed by atoms with Gasteiger partial charge in [0.15, 0.2) is 0 Å². The summed E-state index contributed by atoms with van der Waals surface area (Å²) in [4.78, 5) is 13.8. The van der Waals surface area contributed by atoms with Gasteiger partial charge < -0.3 is 10.0 Å². The van der Waals surface area contributed by atoms with Crippen molar-refractivity contribution in [3.63, 3.8) is 0 Å². The number of rotatable bonds is 3. The van der Waals surface area contributed by atoms with Crippen molar-refractivity contribution in [2.24, 2.45) is 0 Å². The molecule has 1 heterocycles. The van der Waals surface area contributed by atoms with Crippen molar-refractivity contribution in [3.05, 3.63) is 64.7 Å². The number of aliphatic carboxylic acids is 1. The fourth-order valence-corrected chi connectivity index (χ4v) is 3.79. The molecule has 0 saturated carbocycles. The first-order valence-electron chi connectivity index (χ1n) is 8.00. The third kappa shape index (κ3) is 5.63. The van der Waals surface area contributed by atoms with Crippen LogP contribution >= 0.6 is 23.4 Å². The zero-order valence-corrected chi connectivity index (χ0v) is 16.2.